The first-order chi connectivity index (χ1) is 7.86. The number of hydrogen-bond acceptors (Lipinski definition) is 3. The van der Waals surface area contributed by atoms with Gasteiger partial charge in [0.1, 0.15) is 0 Å². The summed E-state index contributed by atoms with van der Waals surface area (Å²) in [6, 6.07) is 5.02. The Morgan fingerprint density at radius 3 is 2.47 bits per heavy atom. The third-order valence-electron chi connectivity index (χ3n) is 1.93. The summed E-state index contributed by atoms with van der Waals surface area (Å²) in [5.74, 6) is -1.10. The normalized spacial score (nSPS) is 11.8. The van der Waals surface area contributed by atoms with E-state index < -0.39 is 12.0 Å². The predicted octanol–water partition coefficient (Wildman–Crippen LogP) is 4.29. The van der Waals surface area contributed by atoms with E-state index in [1.165, 1.54) is 24.3 Å². The SMILES string of the molecule is Cc1cc(-c2ccc(Br)s2)nc(C(F)(F)F)n1. The summed E-state index contributed by atoms with van der Waals surface area (Å²) in [4.78, 5) is 7.61. The van der Waals surface area contributed by atoms with Crippen molar-refractivity contribution in [3.63, 3.8) is 0 Å². The van der Waals surface area contributed by atoms with Gasteiger partial charge in [-0.1, -0.05) is 0 Å². The molecule has 0 N–H and O–H groups in total. The zero-order chi connectivity index (χ0) is 12.6. The molecule has 0 aliphatic heterocycles. The molecule has 2 heterocycles. The van der Waals surface area contributed by atoms with Gasteiger partial charge in [0, 0.05) is 5.69 Å². The van der Waals surface area contributed by atoms with Crippen molar-refractivity contribution in [3.8, 4) is 10.6 Å². The minimum Gasteiger partial charge on any atom is -0.230 e. The Kier molecular flexibility index (Phi) is 3.22. The van der Waals surface area contributed by atoms with Crippen molar-refractivity contribution in [1.82, 2.24) is 9.97 Å². The van der Waals surface area contributed by atoms with Crippen LogP contribution in [0.25, 0.3) is 10.6 Å². The molecule has 0 amide bonds. The maximum Gasteiger partial charge on any atom is 0.451 e. The summed E-state index contributed by atoms with van der Waals surface area (Å²) in [6.07, 6.45) is -4.52. The van der Waals surface area contributed by atoms with Gasteiger partial charge in [-0.2, -0.15) is 13.2 Å². The van der Waals surface area contributed by atoms with Crippen LogP contribution in [0.1, 0.15) is 11.5 Å². The van der Waals surface area contributed by atoms with Crippen LogP contribution in [-0.2, 0) is 6.18 Å². The summed E-state index contributed by atoms with van der Waals surface area (Å²) < 4.78 is 38.5. The van der Waals surface area contributed by atoms with Gasteiger partial charge in [0.05, 0.1) is 14.4 Å². The molecule has 2 nitrogen and oxygen atoms in total. The number of hydrogen-bond donors (Lipinski definition) is 0. The average Bonchev–Trinajstić information content (AvgIpc) is 2.62. The van der Waals surface area contributed by atoms with Crippen LogP contribution >= 0.6 is 27.3 Å². The summed E-state index contributed by atoms with van der Waals surface area (Å²) in [7, 11) is 0. The highest BCUT2D eigenvalue weighted by molar-refractivity contribution is 9.11. The van der Waals surface area contributed by atoms with Gasteiger partial charge >= 0.3 is 6.18 Å². The van der Waals surface area contributed by atoms with E-state index >= 15 is 0 Å². The molecule has 7 heteroatoms. The highest BCUT2D eigenvalue weighted by atomic mass is 79.9. The monoisotopic (exact) mass is 322 g/mol. The molecule has 90 valence electrons. The topological polar surface area (TPSA) is 25.8 Å². The molecule has 0 saturated carbocycles. The van der Waals surface area contributed by atoms with Crippen molar-refractivity contribution in [2.45, 2.75) is 13.1 Å². The maximum atomic E-state index is 12.5. The molecule has 0 aromatic carbocycles. The van der Waals surface area contributed by atoms with Crippen molar-refractivity contribution in [2.75, 3.05) is 0 Å². The van der Waals surface area contributed by atoms with Crippen LogP contribution in [0.5, 0.6) is 0 Å². The van der Waals surface area contributed by atoms with Gasteiger partial charge in [0.2, 0.25) is 5.82 Å². The summed E-state index contributed by atoms with van der Waals surface area (Å²) >= 11 is 4.59. The highest BCUT2D eigenvalue weighted by Crippen LogP contribution is 2.33. The Hall–Kier alpha value is -0.950. The van der Waals surface area contributed by atoms with Gasteiger partial charge in [-0.3, -0.25) is 0 Å². The lowest BCUT2D eigenvalue weighted by atomic mass is 10.3. The number of thiophene rings is 1. The van der Waals surface area contributed by atoms with Gasteiger partial charge in [0.15, 0.2) is 0 Å². The van der Waals surface area contributed by atoms with E-state index in [0.717, 1.165) is 3.79 Å². The van der Waals surface area contributed by atoms with Crippen LogP contribution in [0.15, 0.2) is 22.0 Å². The van der Waals surface area contributed by atoms with E-state index in [1.807, 2.05) is 0 Å². The first-order valence-electron chi connectivity index (χ1n) is 4.55. The van der Waals surface area contributed by atoms with Gasteiger partial charge in [-0.15, -0.1) is 11.3 Å². The number of alkyl halides is 3. The minimum atomic E-state index is -4.52. The fraction of sp³-hybridized carbons (Fsp3) is 0.200. The highest BCUT2D eigenvalue weighted by Gasteiger charge is 2.35. The van der Waals surface area contributed by atoms with Crippen molar-refractivity contribution in [1.29, 1.82) is 0 Å². The van der Waals surface area contributed by atoms with E-state index in [2.05, 4.69) is 25.9 Å². The van der Waals surface area contributed by atoms with Crippen molar-refractivity contribution in [2.24, 2.45) is 0 Å². The summed E-state index contributed by atoms with van der Waals surface area (Å²) in [6.45, 7) is 1.52. The van der Waals surface area contributed by atoms with Crippen LogP contribution in [0.2, 0.25) is 0 Å². The number of aryl methyl sites for hydroxylation is 1. The third-order valence-corrected chi connectivity index (χ3v) is 3.58. The molecule has 0 atom stereocenters. The minimum absolute atomic E-state index is 0.292. The number of rotatable bonds is 1. The first kappa shape index (κ1) is 12.5. The van der Waals surface area contributed by atoms with Gasteiger partial charge < -0.3 is 0 Å². The summed E-state index contributed by atoms with van der Waals surface area (Å²) in [5, 5.41) is 0. The van der Waals surface area contributed by atoms with E-state index in [4.69, 9.17) is 0 Å². The largest absolute Gasteiger partial charge is 0.451 e. The zero-order valence-electron chi connectivity index (χ0n) is 8.55. The lowest BCUT2D eigenvalue weighted by molar-refractivity contribution is -0.145. The van der Waals surface area contributed by atoms with Crippen LogP contribution in [0.4, 0.5) is 13.2 Å². The quantitative estimate of drug-likeness (QED) is 0.782. The molecule has 0 saturated heterocycles. The first-order valence-corrected chi connectivity index (χ1v) is 6.16. The number of aromatic nitrogens is 2. The molecule has 17 heavy (non-hydrogen) atoms. The molecule has 0 aliphatic rings. The van der Waals surface area contributed by atoms with Crippen LogP contribution in [0.3, 0.4) is 0 Å². The van der Waals surface area contributed by atoms with Crippen LogP contribution in [-0.4, -0.2) is 9.97 Å². The second-order valence-corrected chi connectivity index (χ2v) is 5.78. The Labute approximate surface area is 108 Å². The molecule has 2 aromatic rings. The Morgan fingerprint density at radius 1 is 1.24 bits per heavy atom. The molecule has 0 aliphatic carbocycles. The van der Waals surface area contributed by atoms with Crippen LogP contribution in [0, 0.1) is 6.92 Å². The van der Waals surface area contributed by atoms with Crippen molar-refractivity contribution in [3.05, 3.63) is 33.5 Å². The molecule has 0 spiro atoms. The lowest BCUT2D eigenvalue weighted by Gasteiger charge is -2.07. The van der Waals surface area contributed by atoms with Gasteiger partial charge in [-0.25, -0.2) is 9.97 Å². The molecule has 0 bridgehead atoms. The van der Waals surface area contributed by atoms with E-state index in [1.54, 1.807) is 12.1 Å². The van der Waals surface area contributed by atoms with Crippen LogP contribution < -0.4 is 0 Å². The van der Waals surface area contributed by atoms with E-state index in [0.29, 0.717) is 16.3 Å². The zero-order valence-corrected chi connectivity index (χ0v) is 10.9. The van der Waals surface area contributed by atoms with Crippen molar-refractivity contribution >= 4 is 27.3 Å². The third kappa shape index (κ3) is 2.84. The lowest BCUT2D eigenvalue weighted by Crippen LogP contribution is -2.12. The van der Waals surface area contributed by atoms with Gasteiger partial charge in [-0.05, 0) is 41.1 Å². The fourth-order valence-corrected chi connectivity index (χ4v) is 2.62. The second-order valence-electron chi connectivity index (χ2n) is 3.32. The Balaban J connectivity index is 2.52. The molecular formula is C10H6BrF3N2S. The predicted molar refractivity (Wildman–Crippen MR) is 62.8 cm³/mol. The average molecular weight is 323 g/mol. The second kappa shape index (κ2) is 4.38. The Bertz CT molecular complexity index is 551. The molecule has 0 fully saturated rings. The molecule has 0 radical (unpaired) electrons. The Morgan fingerprint density at radius 2 is 1.94 bits per heavy atom. The van der Waals surface area contributed by atoms with E-state index in [-0.39, 0.29) is 0 Å². The molecule has 2 rings (SSSR count). The molecular weight excluding hydrogens is 317 g/mol. The molecule has 0 unspecified atom stereocenters. The van der Waals surface area contributed by atoms with Gasteiger partial charge in [0.25, 0.3) is 0 Å². The summed E-state index contributed by atoms with van der Waals surface area (Å²) in [5.41, 5.74) is 0.590. The number of halogens is 4. The number of nitrogens with zero attached hydrogens (tertiary/aromatic N) is 2. The standard InChI is InChI=1S/C10H6BrF3N2S/c1-5-4-6(7-2-3-8(11)17-7)16-9(15-5)10(12,13)14/h2-4H,1H3. The fourth-order valence-electron chi connectivity index (χ4n) is 1.27. The molecule has 2 aromatic heterocycles. The van der Waals surface area contributed by atoms with Crippen molar-refractivity contribution < 1.29 is 13.2 Å². The maximum absolute atomic E-state index is 12.5. The van der Waals surface area contributed by atoms with E-state index in [9.17, 15) is 13.2 Å². The smallest absolute Gasteiger partial charge is 0.230 e.